The first-order chi connectivity index (χ1) is 9.51. The molecule has 5 heteroatoms. The van der Waals surface area contributed by atoms with E-state index in [1.807, 2.05) is 13.0 Å². The molecule has 1 aliphatic heterocycles. The second-order valence-electron chi connectivity index (χ2n) is 5.91. The summed E-state index contributed by atoms with van der Waals surface area (Å²) in [7, 11) is 0. The van der Waals surface area contributed by atoms with Crippen LogP contribution in [-0.2, 0) is 6.42 Å². The van der Waals surface area contributed by atoms with Crippen molar-refractivity contribution in [2.75, 3.05) is 13.1 Å². The fraction of sp³-hybridized carbons (Fsp3) is 0.667. The van der Waals surface area contributed by atoms with Gasteiger partial charge in [-0.2, -0.15) is 5.10 Å². The Kier molecular flexibility index (Phi) is 4.70. The highest BCUT2D eigenvalue weighted by molar-refractivity contribution is 5.92. The Morgan fingerprint density at radius 3 is 2.85 bits per heavy atom. The van der Waals surface area contributed by atoms with Crippen LogP contribution in [0.1, 0.15) is 43.7 Å². The zero-order valence-corrected chi connectivity index (χ0v) is 12.8. The van der Waals surface area contributed by atoms with Gasteiger partial charge in [-0.15, -0.1) is 5.10 Å². The molecule has 1 N–H and O–H groups in total. The van der Waals surface area contributed by atoms with E-state index in [9.17, 15) is 4.79 Å². The molecule has 0 spiro atoms. The summed E-state index contributed by atoms with van der Waals surface area (Å²) in [5, 5.41) is 10.9. The molecule has 20 heavy (non-hydrogen) atoms. The van der Waals surface area contributed by atoms with Gasteiger partial charge >= 0.3 is 0 Å². The van der Waals surface area contributed by atoms with Crippen molar-refractivity contribution in [3.8, 4) is 0 Å². The number of nitrogens with zero attached hydrogens (tertiary/aromatic N) is 3. The van der Waals surface area contributed by atoms with Gasteiger partial charge in [0, 0.05) is 25.2 Å². The van der Waals surface area contributed by atoms with Gasteiger partial charge in [-0.25, -0.2) is 0 Å². The average molecular weight is 276 g/mol. The van der Waals surface area contributed by atoms with Gasteiger partial charge in [-0.1, -0.05) is 13.8 Å². The molecule has 1 aromatic rings. The molecule has 1 saturated heterocycles. The molecule has 1 aliphatic rings. The summed E-state index contributed by atoms with van der Waals surface area (Å²) >= 11 is 0. The first-order valence-electron chi connectivity index (χ1n) is 7.37. The minimum absolute atomic E-state index is 0.116. The molecule has 5 nitrogen and oxygen atoms in total. The fourth-order valence-corrected chi connectivity index (χ4v) is 2.57. The summed E-state index contributed by atoms with van der Waals surface area (Å²) in [6.45, 7) is 10.5. The number of likely N-dealkylation sites (tertiary alicyclic amines) is 1. The molecule has 1 amide bonds. The van der Waals surface area contributed by atoms with Gasteiger partial charge in [0.05, 0.1) is 6.20 Å². The molecular formula is C15H24N4O. The number of hydrogen-bond acceptors (Lipinski definition) is 4. The zero-order valence-electron chi connectivity index (χ0n) is 12.8. The summed E-state index contributed by atoms with van der Waals surface area (Å²) in [4.78, 5) is 14.7. The lowest BCUT2D eigenvalue weighted by Crippen LogP contribution is -2.40. The minimum atomic E-state index is -0.116. The Labute approximate surface area is 120 Å². The molecule has 2 rings (SSSR count). The third kappa shape index (κ3) is 3.33. The number of carbonyl (C=O) groups excluding carboxylic acids is 1. The van der Waals surface area contributed by atoms with Crippen LogP contribution < -0.4 is 5.32 Å². The number of hydrogen-bond donors (Lipinski definition) is 1. The van der Waals surface area contributed by atoms with Crippen LogP contribution in [0.2, 0.25) is 0 Å². The van der Waals surface area contributed by atoms with Gasteiger partial charge in [0.2, 0.25) is 0 Å². The van der Waals surface area contributed by atoms with E-state index >= 15 is 0 Å². The average Bonchev–Trinajstić information content (AvgIpc) is 2.80. The number of aryl methyl sites for hydroxylation is 1. The van der Waals surface area contributed by atoms with Crippen molar-refractivity contribution in [1.82, 2.24) is 20.4 Å². The lowest BCUT2D eigenvalue weighted by atomic mass is 10.1. The molecule has 0 aliphatic carbocycles. The van der Waals surface area contributed by atoms with E-state index in [1.54, 1.807) is 6.20 Å². The summed E-state index contributed by atoms with van der Waals surface area (Å²) in [6, 6.07) is 2.53. The van der Waals surface area contributed by atoms with Gasteiger partial charge in [-0.3, -0.25) is 9.69 Å². The summed E-state index contributed by atoms with van der Waals surface area (Å²) < 4.78 is 0. The van der Waals surface area contributed by atoms with Crippen LogP contribution in [0.3, 0.4) is 0 Å². The van der Waals surface area contributed by atoms with Crippen LogP contribution in [0.15, 0.2) is 12.3 Å². The molecule has 110 valence electrons. The Hall–Kier alpha value is -1.49. The van der Waals surface area contributed by atoms with Gasteiger partial charge in [0.15, 0.2) is 5.69 Å². The number of carbonyl (C=O) groups is 1. The Morgan fingerprint density at radius 2 is 2.25 bits per heavy atom. The quantitative estimate of drug-likeness (QED) is 0.905. The van der Waals surface area contributed by atoms with Crippen molar-refractivity contribution in [2.45, 2.75) is 46.2 Å². The molecule has 0 bridgehead atoms. The second-order valence-corrected chi connectivity index (χ2v) is 5.91. The smallest absolute Gasteiger partial charge is 0.272 e. The standard InChI is InChI=1S/C15H24N4O/c1-5-12-6-13(18-16-7-12)15(20)17-14-9-19(10(2)3)8-11(14)4/h6-7,10-11,14H,5,8-9H2,1-4H3,(H,17,20). The molecular weight excluding hydrogens is 252 g/mol. The summed E-state index contributed by atoms with van der Waals surface area (Å²) in [6.07, 6.45) is 2.56. The summed E-state index contributed by atoms with van der Waals surface area (Å²) in [5.74, 6) is 0.346. The first-order valence-corrected chi connectivity index (χ1v) is 7.37. The fourth-order valence-electron chi connectivity index (χ4n) is 2.57. The second kappa shape index (κ2) is 6.31. The topological polar surface area (TPSA) is 58.1 Å². The maximum Gasteiger partial charge on any atom is 0.272 e. The maximum atomic E-state index is 12.3. The molecule has 0 saturated carbocycles. The highest BCUT2D eigenvalue weighted by Crippen LogP contribution is 2.19. The Morgan fingerprint density at radius 1 is 1.50 bits per heavy atom. The van der Waals surface area contributed by atoms with Crippen molar-refractivity contribution < 1.29 is 4.79 Å². The maximum absolute atomic E-state index is 12.3. The van der Waals surface area contributed by atoms with Crippen molar-refractivity contribution >= 4 is 5.91 Å². The predicted molar refractivity (Wildman–Crippen MR) is 78.5 cm³/mol. The monoisotopic (exact) mass is 276 g/mol. The number of nitrogens with one attached hydrogen (secondary N) is 1. The molecule has 2 heterocycles. The van der Waals surface area contributed by atoms with Crippen molar-refractivity contribution in [2.24, 2.45) is 5.92 Å². The largest absolute Gasteiger partial charge is 0.346 e. The van der Waals surface area contributed by atoms with Gasteiger partial charge < -0.3 is 5.32 Å². The Balaban J connectivity index is 2.01. The molecule has 0 aromatic carbocycles. The van der Waals surface area contributed by atoms with Gasteiger partial charge in [0.1, 0.15) is 0 Å². The molecule has 2 unspecified atom stereocenters. The van der Waals surface area contributed by atoms with E-state index in [0.29, 0.717) is 17.7 Å². The minimum Gasteiger partial charge on any atom is -0.346 e. The molecule has 1 aromatic heterocycles. The summed E-state index contributed by atoms with van der Waals surface area (Å²) in [5.41, 5.74) is 1.45. The highest BCUT2D eigenvalue weighted by atomic mass is 16.2. The Bertz CT molecular complexity index is 475. The van der Waals surface area contributed by atoms with E-state index in [-0.39, 0.29) is 11.9 Å². The van der Waals surface area contributed by atoms with E-state index < -0.39 is 0 Å². The van der Waals surface area contributed by atoms with Crippen LogP contribution in [0.25, 0.3) is 0 Å². The third-order valence-corrected chi connectivity index (χ3v) is 4.04. The van der Waals surface area contributed by atoms with Crippen LogP contribution in [0.5, 0.6) is 0 Å². The van der Waals surface area contributed by atoms with Gasteiger partial charge in [0.25, 0.3) is 5.91 Å². The highest BCUT2D eigenvalue weighted by Gasteiger charge is 2.32. The lowest BCUT2D eigenvalue weighted by molar-refractivity contribution is 0.0924. The van der Waals surface area contributed by atoms with Crippen molar-refractivity contribution in [3.05, 3.63) is 23.5 Å². The number of amides is 1. The van der Waals surface area contributed by atoms with Crippen LogP contribution in [0.4, 0.5) is 0 Å². The van der Waals surface area contributed by atoms with Crippen LogP contribution in [-0.4, -0.2) is 46.2 Å². The normalized spacial score (nSPS) is 23.2. The predicted octanol–water partition coefficient (Wildman–Crippen LogP) is 1.50. The van der Waals surface area contributed by atoms with Gasteiger partial charge in [-0.05, 0) is 37.8 Å². The molecule has 1 fully saturated rings. The van der Waals surface area contributed by atoms with Crippen LogP contribution in [0, 0.1) is 5.92 Å². The van der Waals surface area contributed by atoms with Crippen molar-refractivity contribution in [1.29, 1.82) is 0 Å². The van der Waals surface area contributed by atoms with E-state index in [1.165, 1.54) is 0 Å². The molecule has 2 atom stereocenters. The van der Waals surface area contributed by atoms with E-state index in [0.717, 1.165) is 25.1 Å². The van der Waals surface area contributed by atoms with E-state index in [4.69, 9.17) is 0 Å². The lowest BCUT2D eigenvalue weighted by Gasteiger charge is -2.20. The molecule has 0 radical (unpaired) electrons. The van der Waals surface area contributed by atoms with Crippen molar-refractivity contribution in [3.63, 3.8) is 0 Å². The van der Waals surface area contributed by atoms with Crippen LogP contribution >= 0.6 is 0 Å². The number of rotatable bonds is 4. The SMILES string of the molecule is CCc1cnnc(C(=O)NC2CN(C(C)C)CC2C)c1. The number of aromatic nitrogens is 2. The first kappa shape index (κ1) is 14.9. The zero-order chi connectivity index (χ0) is 14.7. The third-order valence-electron chi connectivity index (χ3n) is 4.04. The van der Waals surface area contributed by atoms with E-state index in [2.05, 4.69) is 41.2 Å².